The molecule has 0 amide bonds. The van der Waals surface area contributed by atoms with Crippen LogP contribution in [0.3, 0.4) is 0 Å². The topological polar surface area (TPSA) is 20.2 Å². The van der Waals surface area contributed by atoms with Gasteiger partial charge in [0.15, 0.2) is 0 Å². The zero-order chi connectivity index (χ0) is 9.84. The molecular formula is C10H13ClOS. The van der Waals surface area contributed by atoms with Crippen LogP contribution in [-0.2, 0) is 0 Å². The maximum Gasteiger partial charge on any atom is 0.0647 e. The fourth-order valence-corrected chi connectivity index (χ4v) is 2.05. The van der Waals surface area contributed by atoms with Gasteiger partial charge in [0.2, 0.25) is 0 Å². The van der Waals surface area contributed by atoms with Crippen LogP contribution < -0.4 is 0 Å². The highest BCUT2D eigenvalue weighted by molar-refractivity contribution is 7.11. The summed E-state index contributed by atoms with van der Waals surface area (Å²) in [7, 11) is 0. The summed E-state index contributed by atoms with van der Waals surface area (Å²) in [6, 6.07) is 1.87. The van der Waals surface area contributed by atoms with Crippen molar-refractivity contribution >= 4 is 29.0 Å². The van der Waals surface area contributed by atoms with Crippen LogP contribution >= 0.6 is 22.9 Å². The molecule has 0 atom stereocenters. The summed E-state index contributed by atoms with van der Waals surface area (Å²) in [5, 5.41) is 11.8. The molecule has 0 bridgehead atoms. The molecule has 0 spiro atoms. The second-order valence-electron chi connectivity index (χ2n) is 3.16. The summed E-state index contributed by atoms with van der Waals surface area (Å²) in [4.78, 5) is 1.03. The van der Waals surface area contributed by atoms with Crippen LogP contribution in [0.5, 0.6) is 0 Å². The predicted octanol–water partition coefficient (Wildman–Crippen LogP) is 3.43. The first-order valence-corrected chi connectivity index (χ1v) is 5.45. The monoisotopic (exact) mass is 216 g/mol. The van der Waals surface area contributed by atoms with E-state index in [4.69, 9.17) is 16.7 Å². The first kappa shape index (κ1) is 10.8. The van der Waals surface area contributed by atoms with Crippen LogP contribution in [0.1, 0.15) is 18.7 Å². The summed E-state index contributed by atoms with van der Waals surface area (Å²) in [5.41, 5.74) is 1.02. The molecule has 0 unspecified atom stereocenters. The highest BCUT2D eigenvalue weighted by Crippen LogP contribution is 2.26. The van der Waals surface area contributed by atoms with Crippen LogP contribution in [-0.4, -0.2) is 11.7 Å². The Bertz CT molecular complexity index is 302. The lowest BCUT2D eigenvalue weighted by Gasteiger charge is -2.06. The van der Waals surface area contributed by atoms with Gasteiger partial charge in [-0.05, 0) is 29.0 Å². The summed E-state index contributed by atoms with van der Waals surface area (Å²) >= 11 is 7.52. The van der Waals surface area contributed by atoms with Gasteiger partial charge in [-0.15, -0.1) is 11.3 Å². The lowest BCUT2D eigenvalue weighted by molar-refractivity contribution is 0.320. The second-order valence-corrected chi connectivity index (χ2v) is 4.52. The van der Waals surface area contributed by atoms with E-state index in [2.05, 4.69) is 13.8 Å². The molecule has 1 aromatic rings. The van der Waals surface area contributed by atoms with Crippen molar-refractivity contribution < 1.29 is 5.11 Å². The predicted molar refractivity (Wildman–Crippen MR) is 59.2 cm³/mol. The SMILES string of the molecule is CC(C)/C(=C/c1sccc1Cl)CO. The van der Waals surface area contributed by atoms with Crippen LogP contribution in [0, 0.1) is 5.92 Å². The molecule has 3 heteroatoms. The fraction of sp³-hybridized carbons (Fsp3) is 0.400. The van der Waals surface area contributed by atoms with Crippen LogP contribution in [0.15, 0.2) is 17.0 Å². The van der Waals surface area contributed by atoms with E-state index in [1.165, 1.54) is 0 Å². The molecule has 72 valence electrons. The van der Waals surface area contributed by atoms with Crippen molar-refractivity contribution in [3.05, 3.63) is 26.9 Å². The van der Waals surface area contributed by atoms with E-state index in [1.54, 1.807) is 11.3 Å². The Morgan fingerprint density at radius 1 is 1.69 bits per heavy atom. The third kappa shape index (κ3) is 2.83. The number of thiophene rings is 1. The Hall–Kier alpha value is -0.310. The second kappa shape index (κ2) is 4.80. The summed E-state index contributed by atoms with van der Waals surface area (Å²) < 4.78 is 0. The van der Waals surface area contributed by atoms with Gasteiger partial charge in [-0.3, -0.25) is 0 Å². The molecule has 0 aliphatic carbocycles. The summed E-state index contributed by atoms with van der Waals surface area (Å²) in [6.45, 7) is 4.22. The minimum atomic E-state index is 0.103. The maximum absolute atomic E-state index is 9.08. The number of aliphatic hydroxyl groups excluding tert-OH is 1. The number of halogens is 1. The molecule has 1 rings (SSSR count). The molecule has 0 fully saturated rings. The van der Waals surface area contributed by atoms with E-state index in [1.807, 2.05) is 17.5 Å². The highest BCUT2D eigenvalue weighted by Gasteiger charge is 2.04. The lowest BCUT2D eigenvalue weighted by atomic mass is 10.0. The number of rotatable bonds is 3. The van der Waals surface area contributed by atoms with Gasteiger partial charge in [0.25, 0.3) is 0 Å². The van der Waals surface area contributed by atoms with Crippen molar-refractivity contribution in [2.75, 3.05) is 6.61 Å². The van der Waals surface area contributed by atoms with Crippen molar-refractivity contribution in [1.29, 1.82) is 0 Å². The van der Waals surface area contributed by atoms with Crippen molar-refractivity contribution in [2.24, 2.45) is 5.92 Å². The van der Waals surface area contributed by atoms with Crippen LogP contribution in [0.25, 0.3) is 6.08 Å². The Kier molecular flexibility index (Phi) is 3.97. The number of aliphatic hydroxyl groups is 1. The fourth-order valence-electron chi connectivity index (χ4n) is 0.972. The third-order valence-corrected chi connectivity index (χ3v) is 3.19. The molecular weight excluding hydrogens is 204 g/mol. The van der Waals surface area contributed by atoms with E-state index in [9.17, 15) is 0 Å². The third-order valence-electron chi connectivity index (χ3n) is 1.89. The van der Waals surface area contributed by atoms with Crippen LogP contribution in [0.4, 0.5) is 0 Å². The normalized spacial score (nSPS) is 12.5. The zero-order valence-corrected chi connectivity index (χ0v) is 9.32. The first-order chi connectivity index (χ1) is 6.15. The molecule has 0 aliphatic rings. The van der Waals surface area contributed by atoms with Crippen LogP contribution in [0.2, 0.25) is 5.02 Å². The number of hydrogen-bond donors (Lipinski definition) is 1. The van der Waals surface area contributed by atoms with E-state index < -0.39 is 0 Å². The molecule has 1 aromatic heterocycles. The molecule has 1 N–H and O–H groups in total. The highest BCUT2D eigenvalue weighted by atomic mass is 35.5. The molecule has 0 saturated heterocycles. The van der Waals surface area contributed by atoms with Crippen molar-refractivity contribution in [3.63, 3.8) is 0 Å². The number of hydrogen-bond acceptors (Lipinski definition) is 2. The van der Waals surface area contributed by atoms with E-state index >= 15 is 0 Å². The quantitative estimate of drug-likeness (QED) is 0.821. The molecule has 0 radical (unpaired) electrons. The largest absolute Gasteiger partial charge is 0.392 e. The Balaban J connectivity index is 2.91. The molecule has 1 heterocycles. The van der Waals surface area contributed by atoms with Crippen molar-refractivity contribution in [3.8, 4) is 0 Å². The van der Waals surface area contributed by atoms with Gasteiger partial charge in [0, 0.05) is 4.88 Å². The average Bonchev–Trinajstić information content (AvgIpc) is 2.46. The molecule has 1 nitrogen and oxygen atoms in total. The zero-order valence-electron chi connectivity index (χ0n) is 7.75. The van der Waals surface area contributed by atoms with Gasteiger partial charge >= 0.3 is 0 Å². The maximum atomic E-state index is 9.08. The van der Waals surface area contributed by atoms with Crippen molar-refractivity contribution in [1.82, 2.24) is 0 Å². The van der Waals surface area contributed by atoms with Gasteiger partial charge in [0.05, 0.1) is 11.6 Å². The minimum absolute atomic E-state index is 0.103. The summed E-state index contributed by atoms with van der Waals surface area (Å²) in [6.07, 6.45) is 1.97. The van der Waals surface area contributed by atoms with Crippen molar-refractivity contribution in [2.45, 2.75) is 13.8 Å². The smallest absolute Gasteiger partial charge is 0.0647 e. The Morgan fingerprint density at radius 3 is 2.77 bits per heavy atom. The van der Waals surface area contributed by atoms with E-state index in [-0.39, 0.29) is 6.61 Å². The molecule has 0 aromatic carbocycles. The summed E-state index contributed by atoms with van der Waals surface area (Å²) in [5.74, 6) is 0.364. The van der Waals surface area contributed by atoms with E-state index in [0.29, 0.717) is 5.92 Å². The van der Waals surface area contributed by atoms with E-state index in [0.717, 1.165) is 15.5 Å². The Morgan fingerprint density at radius 2 is 2.38 bits per heavy atom. The lowest BCUT2D eigenvalue weighted by Crippen LogP contribution is -1.98. The molecule has 13 heavy (non-hydrogen) atoms. The van der Waals surface area contributed by atoms with Gasteiger partial charge in [0.1, 0.15) is 0 Å². The van der Waals surface area contributed by atoms with Gasteiger partial charge in [-0.1, -0.05) is 25.4 Å². The average molecular weight is 217 g/mol. The standard InChI is InChI=1S/C10H13ClOS/c1-7(2)8(6-12)5-10-9(11)3-4-13-10/h3-5,7,12H,6H2,1-2H3/b8-5+. The van der Waals surface area contributed by atoms with Gasteiger partial charge < -0.3 is 5.11 Å². The first-order valence-electron chi connectivity index (χ1n) is 4.19. The minimum Gasteiger partial charge on any atom is -0.392 e. The Labute approximate surface area is 87.7 Å². The van der Waals surface area contributed by atoms with Gasteiger partial charge in [-0.2, -0.15) is 0 Å². The molecule has 0 aliphatic heterocycles. The molecule has 0 saturated carbocycles. The van der Waals surface area contributed by atoms with Gasteiger partial charge in [-0.25, -0.2) is 0 Å².